The minimum Gasteiger partial charge on any atom is -0.384 e. The molecule has 2 aromatic carbocycles. The van der Waals surface area contributed by atoms with E-state index in [-0.39, 0.29) is 6.17 Å². The fourth-order valence-corrected chi connectivity index (χ4v) is 3.07. The summed E-state index contributed by atoms with van der Waals surface area (Å²) in [6.07, 6.45) is 1.18. The summed E-state index contributed by atoms with van der Waals surface area (Å²) in [6.45, 7) is 0.989. The SMILES string of the molecule is c1ccc(C2CNc3cc(C4NNNN4)ccc3C2)cc1. The Morgan fingerprint density at radius 2 is 1.67 bits per heavy atom. The molecule has 1 unspecified atom stereocenters. The quantitative estimate of drug-likeness (QED) is 0.578. The number of benzene rings is 2. The molecule has 2 heterocycles. The molecule has 21 heavy (non-hydrogen) atoms. The summed E-state index contributed by atoms with van der Waals surface area (Å²) in [5.74, 6) is 0.551. The van der Waals surface area contributed by atoms with Gasteiger partial charge in [-0.25, -0.2) is 10.9 Å². The number of hydrogen-bond acceptors (Lipinski definition) is 5. The van der Waals surface area contributed by atoms with E-state index in [0.717, 1.165) is 13.0 Å². The van der Waals surface area contributed by atoms with Crippen LogP contribution in [0.1, 0.15) is 28.8 Å². The molecule has 0 aliphatic carbocycles. The fourth-order valence-electron chi connectivity index (χ4n) is 3.07. The van der Waals surface area contributed by atoms with Crippen LogP contribution in [-0.4, -0.2) is 6.54 Å². The third kappa shape index (κ3) is 2.52. The van der Waals surface area contributed by atoms with Crippen molar-refractivity contribution in [3.8, 4) is 0 Å². The van der Waals surface area contributed by atoms with E-state index in [9.17, 15) is 0 Å². The van der Waals surface area contributed by atoms with Crippen molar-refractivity contribution in [2.24, 2.45) is 0 Å². The first-order chi connectivity index (χ1) is 10.4. The molecular weight excluding hydrogens is 262 g/mol. The van der Waals surface area contributed by atoms with E-state index in [1.807, 2.05) is 0 Å². The van der Waals surface area contributed by atoms with Crippen molar-refractivity contribution in [1.29, 1.82) is 0 Å². The zero-order valence-electron chi connectivity index (χ0n) is 11.7. The summed E-state index contributed by atoms with van der Waals surface area (Å²) in [7, 11) is 0. The zero-order chi connectivity index (χ0) is 14.1. The van der Waals surface area contributed by atoms with Gasteiger partial charge < -0.3 is 5.32 Å². The summed E-state index contributed by atoms with van der Waals surface area (Å²) >= 11 is 0. The second-order valence-corrected chi connectivity index (χ2v) is 5.58. The fraction of sp³-hybridized carbons (Fsp3) is 0.250. The smallest absolute Gasteiger partial charge is 0.111 e. The van der Waals surface area contributed by atoms with Gasteiger partial charge in [0.05, 0.1) is 0 Å². The summed E-state index contributed by atoms with van der Waals surface area (Å²) in [6, 6.07) is 17.4. The van der Waals surface area contributed by atoms with Gasteiger partial charge in [0.25, 0.3) is 0 Å². The number of hydrazine groups is 3. The Bertz CT molecular complexity index is 622. The van der Waals surface area contributed by atoms with Gasteiger partial charge in [-0.05, 0) is 29.2 Å². The predicted molar refractivity (Wildman–Crippen MR) is 83.1 cm³/mol. The average molecular weight is 281 g/mol. The molecule has 0 aromatic heterocycles. The van der Waals surface area contributed by atoms with E-state index < -0.39 is 0 Å². The Labute approximate surface area is 124 Å². The highest BCUT2D eigenvalue weighted by Gasteiger charge is 2.22. The average Bonchev–Trinajstić information content (AvgIpc) is 3.09. The topological polar surface area (TPSA) is 60.1 Å². The normalized spacial score (nSPS) is 21.8. The summed E-state index contributed by atoms with van der Waals surface area (Å²) in [4.78, 5) is 0. The van der Waals surface area contributed by atoms with Gasteiger partial charge in [-0.1, -0.05) is 42.5 Å². The lowest BCUT2D eigenvalue weighted by Gasteiger charge is -2.27. The molecule has 0 radical (unpaired) electrons. The van der Waals surface area contributed by atoms with Gasteiger partial charge in [0.2, 0.25) is 0 Å². The van der Waals surface area contributed by atoms with Crippen molar-refractivity contribution in [3.05, 3.63) is 65.2 Å². The molecule has 0 saturated carbocycles. The number of anilines is 1. The molecule has 108 valence electrons. The molecule has 4 rings (SSSR count). The molecule has 2 aliphatic rings. The largest absolute Gasteiger partial charge is 0.384 e. The maximum atomic E-state index is 3.58. The molecule has 0 bridgehead atoms. The van der Waals surface area contributed by atoms with Gasteiger partial charge in [0, 0.05) is 18.2 Å². The Morgan fingerprint density at radius 1 is 0.857 bits per heavy atom. The van der Waals surface area contributed by atoms with Crippen LogP contribution in [-0.2, 0) is 6.42 Å². The van der Waals surface area contributed by atoms with E-state index >= 15 is 0 Å². The maximum Gasteiger partial charge on any atom is 0.111 e. The van der Waals surface area contributed by atoms with Crippen LogP contribution >= 0.6 is 0 Å². The number of rotatable bonds is 2. The van der Waals surface area contributed by atoms with Gasteiger partial charge in [-0.15, -0.1) is 0 Å². The van der Waals surface area contributed by atoms with E-state index in [2.05, 4.69) is 75.8 Å². The minimum absolute atomic E-state index is 0.0870. The van der Waals surface area contributed by atoms with Crippen LogP contribution < -0.4 is 27.2 Å². The van der Waals surface area contributed by atoms with E-state index in [4.69, 9.17) is 0 Å². The molecule has 2 aliphatic heterocycles. The molecule has 1 fully saturated rings. The standard InChI is InChI=1S/C16H19N5/c1-2-4-11(5-3-1)14-8-12-6-7-13(9-15(12)17-10-14)16-18-20-21-19-16/h1-7,9,14,16-21H,8,10H2. The molecule has 1 saturated heterocycles. The van der Waals surface area contributed by atoms with Gasteiger partial charge in [-0.3, -0.25) is 0 Å². The van der Waals surface area contributed by atoms with E-state index in [1.54, 1.807) is 0 Å². The highest BCUT2D eigenvalue weighted by atomic mass is 15.8. The Hall–Kier alpha value is -1.92. The molecule has 0 amide bonds. The van der Waals surface area contributed by atoms with Crippen LogP contribution in [0.25, 0.3) is 0 Å². The van der Waals surface area contributed by atoms with Gasteiger partial charge >= 0.3 is 0 Å². The van der Waals surface area contributed by atoms with Crippen molar-refractivity contribution in [1.82, 2.24) is 21.9 Å². The van der Waals surface area contributed by atoms with E-state index in [0.29, 0.717) is 5.92 Å². The van der Waals surface area contributed by atoms with Crippen molar-refractivity contribution >= 4 is 5.69 Å². The van der Waals surface area contributed by atoms with Crippen LogP contribution in [0.4, 0.5) is 5.69 Å². The third-order valence-electron chi connectivity index (χ3n) is 4.24. The van der Waals surface area contributed by atoms with Crippen molar-refractivity contribution in [3.63, 3.8) is 0 Å². The second-order valence-electron chi connectivity index (χ2n) is 5.58. The second kappa shape index (κ2) is 5.46. The van der Waals surface area contributed by atoms with Gasteiger partial charge in [-0.2, -0.15) is 11.1 Å². The molecule has 5 heteroatoms. The highest BCUT2D eigenvalue weighted by molar-refractivity contribution is 5.57. The van der Waals surface area contributed by atoms with Crippen LogP contribution in [0.15, 0.2) is 48.5 Å². The monoisotopic (exact) mass is 281 g/mol. The first kappa shape index (κ1) is 12.8. The van der Waals surface area contributed by atoms with Crippen molar-refractivity contribution < 1.29 is 0 Å². The molecule has 1 atom stereocenters. The lowest BCUT2D eigenvalue weighted by Crippen LogP contribution is -2.33. The predicted octanol–water partition coefficient (Wildman–Crippen LogP) is 1.55. The summed E-state index contributed by atoms with van der Waals surface area (Å²) in [5.41, 5.74) is 17.2. The molecule has 5 nitrogen and oxygen atoms in total. The highest BCUT2D eigenvalue weighted by Crippen LogP contribution is 2.32. The molecular formula is C16H19N5. The lowest BCUT2D eigenvalue weighted by molar-refractivity contribution is 0.554. The number of fused-ring (bicyclic) bond motifs is 1. The van der Waals surface area contributed by atoms with Gasteiger partial charge in [0.1, 0.15) is 6.17 Å². The van der Waals surface area contributed by atoms with Crippen LogP contribution in [0.2, 0.25) is 0 Å². The van der Waals surface area contributed by atoms with Crippen molar-refractivity contribution in [2.45, 2.75) is 18.5 Å². The van der Waals surface area contributed by atoms with Crippen molar-refractivity contribution in [2.75, 3.05) is 11.9 Å². The Balaban J connectivity index is 1.56. The first-order valence-electron chi connectivity index (χ1n) is 7.33. The minimum atomic E-state index is 0.0870. The third-order valence-corrected chi connectivity index (χ3v) is 4.24. The maximum absolute atomic E-state index is 3.58. The van der Waals surface area contributed by atoms with Crippen LogP contribution in [0, 0.1) is 0 Å². The van der Waals surface area contributed by atoms with E-state index in [1.165, 1.54) is 22.4 Å². The zero-order valence-corrected chi connectivity index (χ0v) is 11.7. The number of hydrogen-bond donors (Lipinski definition) is 5. The van der Waals surface area contributed by atoms with Crippen LogP contribution in [0.5, 0.6) is 0 Å². The first-order valence-corrected chi connectivity index (χ1v) is 7.33. The molecule has 0 spiro atoms. The van der Waals surface area contributed by atoms with Gasteiger partial charge in [0.15, 0.2) is 0 Å². The molecule has 2 aromatic rings. The lowest BCUT2D eigenvalue weighted by atomic mass is 9.87. The Morgan fingerprint density at radius 3 is 2.48 bits per heavy atom. The number of nitrogens with one attached hydrogen (secondary N) is 5. The van der Waals surface area contributed by atoms with Crippen LogP contribution in [0.3, 0.4) is 0 Å². The summed E-state index contributed by atoms with van der Waals surface area (Å²) < 4.78 is 0. The summed E-state index contributed by atoms with van der Waals surface area (Å²) in [5, 5.41) is 3.58. The molecule has 5 N–H and O–H groups in total. The Kier molecular flexibility index (Phi) is 3.33.